The lowest BCUT2D eigenvalue weighted by Crippen LogP contribution is -2.04. The Balaban J connectivity index is 1.72. The van der Waals surface area contributed by atoms with E-state index in [0.717, 1.165) is 27.9 Å². The molecule has 0 amide bonds. The van der Waals surface area contributed by atoms with E-state index in [9.17, 15) is 8.78 Å². The fourth-order valence-electron chi connectivity index (χ4n) is 3.56. The zero-order chi connectivity index (χ0) is 20.2. The number of halogens is 2. The van der Waals surface area contributed by atoms with Gasteiger partial charge in [0.05, 0.1) is 19.0 Å². The first kappa shape index (κ1) is 19.8. The normalized spacial score (nSPS) is 14.5. The number of aromatic nitrogens is 2. The number of hydrogen-bond acceptors (Lipinski definition) is 4. The first-order valence-electron chi connectivity index (χ1n) is 9.58. The minimum absolute atomic E-state index is 0.139. The highest BCUT2D eigenvalue weighted by atomic mass is 32.2. The van der Waals surface area contributed by atoms with Crippen LogP contribution in [0.25, 0.3) is 16.9 Å². The molecule has 1 aliphatic rings. The maximum absolute atomic E-state index is 12.5. The van der Waals surface area contributed by atoms with Crippen molar-refractivity contribution in [3.63, 3.8) is 0 Å². The summed E-state index contributed by atoms with van der Waals surface area (Å²) in [4.78, 5) is 4.69. The Labute approximate surface area is 172 Å². The molecule has 0 bridgehead atoms. The predicted octanol–water partition coefficient (Wildman–Crippen LogP) is 6.18. The standard InChI is InChI=1S/C22H22F2N2O2S/c1-27-17-10-6-15(7-11-17)20-14-25-22(29-19-4-2-3-5-19)26(20)16-8-12-18(13-9-16)28-21(23)24/h6-14,19,21H,2-5H2,1H3. The van der Waals surface area contributed by atoms with E-state index in [2.05, 4.69) is 14.3 Å². The maximum Gasteiger partial charge on any atom is 0.387 e. The molecule has 29 heavy (non-hydrogen) atoms. The summed E-state index contributed by atoms with van der Waals surface area (Å²) in [5, 5.41) is 1.46. The average Bonchev–Trinajstić information content (AvgIpc) is 3.39. The van der Waals surface area contributed by atoms with Gasteiger partial charge < -0.3 is 9.47 Å². The minimum atomic E-state index is -2.84. The average molecular weight is 416 g/mol. The number of rotatable bonds is 7. The minimum Gasteiger partial charge on any atom is -0.497 e. The molecule has 4 nitrogen and oxygen atoms in total. The van der Waals surface area contributed by atoms with Gasteiger partial charge in [-0.1, -0.05) is 24.6 Å². The molecule has 0 aliphatic heterocycles. The van der Waals surface area contributed by atoms with Gasteiger partial charge >= 0.3 is 6.61 Å². The first-order valence-corrected chi connectivity index (χ1v) is 10.5. The van der Waals surface area contributed by atoms with Crippen LogP contribution in [0.4, 0.5) is 8.78 Å². The number of thioether (sulfide) groups is 1. The quantitative estimate of drug-likeness (QED) is 0.461. The largest absolute Gasteiger partial charge is 0.497 e. The van der Waals surface area contributed by atoms with Crippen molar-refractivity contribution in [3.8, 4) is 28.4 Å². The van der Waals surface area contributed by atoms with E-state index in [0.29, 0.717) is 5.25 Å². The van der Waals surface area contributed by atoms with Gasteiger partial charge in [0.1, 0.15) is 11.5 Å². The van der Waals surface area contributed by atoms with Gasteiger partial charge in [0.25, 0.3) is 0 Å². The number of ether oxygens (including phenoxy) is 2. The van der Waals surface area contributed by atoms with Crippen LogP contribution in [0.2, 0.25) is 0 Å². The van der Waals surface area contributed by atoms with Crippen LogP contribution in [-0.4, -0.2) is 28.5 Å². The molecule has 1 aromatic heterocycles. The van der Waals surface area contributed by atoms with Crippen molar-refractivity contribution in [2.75, 3.05) is 7.11 Å². The van der Waals surface area contributed by atoms with Gasteiger partial charge in [-0.3, -0.25) is 4.57 Å². The second kappa shape index (κ2) is 8.86. The summed E-state index contributed by atoms with van der Waals surface area (Å²) in [7, 11) is 1.64. The summed E-state index contributed by atoms with van der Waals surface area (Å²) in [6.07, 6.45) is 6.75. The van der Waals surface area contributed by atoms with E-state index < -0.39 is 6.61 Å². The molecule has 0 saturated heterocycles. The Morgan fingerprint density at radius 2 is 1.66 bits per heavy atom. The van der Waals surface area contributed by atoms with Gasteiger partial charge in [0.2, 0.25) is 0 Å². The topological polar surface area (TPSA) is 36.3 Å². The zero-order valence-corrected chi connectivity index (χ0v) is 16.9. The summed E-state index contributed by atoms with van der Waals surface area (Å²) >= 11 is 1.79. The van der Waals surface area contributed by atoms with Crippen molar-refractivity contribution in [2.24, 2.45) is 0 Å². The van der Waals surface area contributed by atoms with Gasteiger partial charge in [-0.25, -0.2) is 4.98 Å². The molecular weight excluding hydrogens is 394 g/mol. The SMILES string of the molecule is COc1ccc(-c2cnc(SC3CCCC3)n2-c2ccc(OC(F)F)cc2)cc1. The molecule has 0 spiro atoms. The molecule has 0 radical (unpaired) electrons. The molecule has 1 saturated carbocycles. The van der Waals surface area contributed by atoms with E-state index in [1.165, 1.54) is 25.7 Å². The predicted molar refractivity (Wildman–Crippen MR) is 110 cm³/mol. The molecule has 2 aromatic carbocycles. The number of hydrogen-bond donors (Lipinski definition) is 0. The van der Waals surface area contributed by atoms with Crippen molar-refractivity contribution < 1.29 is 18.3 Å². The third-order valence-electron chi connectivity index (χ3n) is 5.01. The van der Waals surface area contributed by atoms with Crippen LogP contribution in [0, 0.1) is 0 Å². The summed E-state index contributed by atoms with van der Waals surface area (Å²) in [6.45, 7) is -2.84. The van der Waals surface area contributed by atoms with Crippen molar-refractivity contribution in [1.29, 1.82) is 0 Å². The molecule has 0 unspecified atom stereocenters. The third kappa shape index (κ3) is 4.56. The Hall–Kier alpha value is -2.54. The van der Waals surface area contributed by atoms with E-state index in [-0.39, 0.29) is 5.75 Å². The molecule has 1 heterocycles. The van der Waals surface area contributed by atoms with Gasteiger partial charge in [-0.2, -0.15) is 8.78 Å². The van der Waals surface area contributed by atoms with E-state index >= 15 is 0 Å². The summed E-state index contributed by atoms with van der Waals surface area (Å²) in [5.74, 6) is 0.925. The summed E-state index contributed by atoms with van der Waals surface area (Å²) in [6, 6.07) is 14.5. The first-order chi connectivity index (χ1) is 14.1. The zero-order valence-electron chi connectivity index (χ0n) is 16.1. The molecule has 3 aromatic rings. The second-order valence-corrected chi connectivity index (χ2v) is 8.15. The Kier molecular flexibility index (Phi) is 6.04. The molecule has 7 heteroatoms. The van der Waals surface area contributed by atoms with Crippen LogP contribution >= 0.6 is 11.8 Å². The highest BCUT2D eigenvalue weighted by molar-refractivity contribution is 7.99. The molecule has 1 aliphatic carbocycles. The number of nitrogens with zero attached hydrogens (tertiary/aromatic N) is 2. The van der Waals surface area contributed by atoms with E-state index in [1.54, 1.807) is 43.1 Å². The highest BCUT2D eigenvalue weighted by Crippen LogP contribution is 2.38. The molecular formula is C22H22F2N2O2S. The number of benzene rings is 2. The molecule has 4 rings (SSSR count). The van der Waals surface area contributed by atoms with Crippen LogP contribution in [0.1, 0.15) is 25.7 Å². The highest BCUT2D eigenvalue weighted by Gasteiger charge is 2.21. The van der Waals surface area contributed by atoms with Crippen molar-refractivity contribution >= 4 is 11.8 Å². The van der Waals surface area contributed by atoms with Crippen molar-refractivity contribution in [2.45, 2.75) is 42.7 Å². The smallest absolute Gasteiger partial charge is 0.387 e. The maximum atomic E-state index is 12.5. The lowest BCUT2D eigenvalue weighted by molar-refractivity contribution is -0.0498. The van der Waals surface area contributed by atoms with E-state index in [4.69, 9.17) is 4.74 Å². The Bertz CT molecular complexity index is 936. The van der Waals surface area contributed by atoms with Gasteiger partial charge in [-0.05, 0) is 61.4 Å². The Morgan fingerprint density at radius 3 is 2.28 bits per heavy atom. The van der Waals surface area contributed by atoms with Crippen LogP contribution in [0.5, 0.6) is 11.5 Å². The monoisotopic (exact) mass is 416 g/mol. The molecule has 0 N–H and O–H groups in total. The molecule has 152 valence electrons. The van der Waals surface area contributed by atoms with Crippen molar-refractivity contribution in [3.05, 3.63) is 54.7 Å². The second-order valence-electron chi connectivity index (χ2n) is 6.89. The fraction of sp³-hybridized carbons (Fsp3) is 0.318. The number of imidazole rings is 1. The van der Waals surface area contributed by atoms with Crippen LogP contribution in [-0.2, 0) is 0 Å². The van der Waals surface area contributed by atoms with Gasteiger partial charge in [0.15, 0.2) is 5.16 Å². The third-order valence-corrected chi connectivity index (χ3v) is 6.31. The Morgan fingerprint density at radius 1 is 1.00 bits per heavy atom. The van der Waals surface area contributed by atoms with Crippen molar-refractivity contribution in [1.82, 2.24) is 9.55 Å². The molecule has 0 atom stereocenters. The van der Waals surface area contributed by atoms with Crippen LogP contribution in [0.3, 0.4) is 0 Å². The lowest BCUT2D eigenvalue weighted by atomic mass is 10.1. The summed E-state index contributed by atoms with van der Waals surface area (Å²) in [5.41, 5.74) is 2.80. The van der Waals surface area contributed by atoms with E-state index in [1.807, 2.05) is 30.5 Å². The van der Waals surface area contributed by atoms with Gasteiger partial charge in [0, 0.05) is 16.5 Å². The van der Waals surface area contributed by atoms with Crippen LogP contribution in [0.15, 0.2) is 59.9 Å². The van der Waals surface area contributed by atoms with Gasteiger partial charge in [-0.15, -0.1) is 0 Å². The lowest BCUT2D eigenvalue weighted by Gasteiger charge is -2.15. The summed E-state index contributed by atoms with van der Waals surface area (Å²) < 4.78 is 36.8. The number of alkyl halides is 2. The number of methoxy groups -OCH3 is 1. The molecule has 1 fully saturated rings. The van der Waals surface area contributed by atoms with Crippen LogP contribution < -0.4 is 9.47 Å². The fourth-order valence-corrected chi connectivity index (χ4v) is 4.85.